The van der Waals surface area contributed by atoms with E-state index in [1.807, 2.05) is 6.92 Å². The van der Waals surface area contributed by atoms with Gasteiger partial charge in [-0.05, 0) is 25.3 Å². The first-order chi connectivity index (χ1) is 10.5. The third-order valence-corrected chi connectivity index (χ3v) is 5.43. The second-order valence-corrected chi connectivity index (χ2v) is 7.67. The van der Waals surface area contributed by atoms with Crippen molar-refractivity contribution in [3.63, 3.8) is 0 Å². The lowest BCUT2D eigenvalue weighted by atomic mass is 10.1. The van der Waals surface area contributed by atoms with E-state index in [9.17, 15) is 12.8 Å². The number of hydrogen-bond donors (Lipinski definition) is 2. The topological polar surface area (TPSA) is 70.6 Å². The van der Waals surface area contributed by atoms with E-state index >= 15 is 0 Å². The highest BCUT2D eigenvalue weighted by Gasteiger charge is 2.27. The van der Waals surface area contributed by atoms with Gasteiger partial charge in [0.15, 0.2) is 15.8 Å². The van der Waals surface area contributed by atoms with Crippen molar-refractivity contribution in [1.29, 1.82) is 0 Å². The van der Waals surface area contributed by atoms with E-state index in [1.165, 1.54) is 6.07 Å². The molecule has 0 radical (unpaired) electrons. The maximum atomic E-state index is 13.6. The Morgan fingerprint density at radius 1 is 1.36 bits per heavy atom. The van der Waals surface area contributed by atoms with Crippen molar-refractivity contribution in [3.8, 4) is 0 Å². The number of aliphatic imine (C=N–C) groups is 1. The molecule has 1 heterocycles. The summed E-state index contributed by atoms with van der Waals surface area (Å²) in [7, 11) is -2.87. The molecule has 0 aromatic heterocycles. The van der Waals surface area contributed by atoms with Crippen molar-refractivity contribution in [2.75, 3.05) is 24.6 Å². The Hall–Kier alpha value is -1.63. The zero-order chi connectivity index (χ0) is 16.0. The van der Waals surface area contributed by atoms with Crippen LogP contribution < -0.4 is 10.6 Å². The number of rotatable bonds is 5. The van der Waals surface area contributed by atoms with Crippen LogP contribution in [0.3, 0.4) is 0 Å². The van der Waals surface area contributed by atoms with Crippen molar-refractivity contribution in [2.45, 2.75) is 19.9 Å². The summed E-state index contributed by atoms with van der Waals surface area (Å²) in [6.07, 6.45) is 0.683. The van der Waals surface area contributed by atoms with Crippen molar-refractivity contribution in [1.82, 2.24) is 10.6 Å². The van der Waals surface area contributed by atoms with Crippen LogP contribution in [0.5, 0.6) is 0 Å². The van der Waals surface area contributed by atoms with E-state index in [2.05, 4.69) is 15.6 Å². The number of benzene rings is 1. The highest BCUT2D eigenvalue weighted by molar-refractivity contribution is 7.91. The molecule has 1 fully saturated rings. The number of sulfone groups is 1. The van der Waals surface area contributed by atoms with Crippen LogP contribution in [0.4, 0.5) is 4.39 Å². The summed E-state index contributed by atoms with van der Waals surface area (Å²) in [5.74, 6) is 0.913. The third kappa shape index (κ3) is 4.98. The maximum absolute atomic E-state index is 13.6. The fourth-order valence-electron chi connectivity index (χ4n) is 2.41. The Morgan fingerprint density at radius 3 is 2.77 bits per heavy atom. The molecular formula is C15H22FN3O2S. The zero-order valence-electron chi connectivity index (χ0n) is 12.7. The molecule has 1 aromatic carbocycles. The number of nitrogens with one attached hydrogen (secondary N) is 2. The van der Waals surface area contributed by atoms with Gasteiger partial charge in [-0.15, -0.1) is 0 Å². The van der Waals surface area contributed by atoms with Crippen LogP contribution in [0.25, 0.3) is 0 Å². The second kappa shape index (κ2) is 7.58. The minimum atomic E-state index is -2.87. The normalized spacial score (nSPS) is 20.8. The molecule has 1 atom stereocenters. The highest BCUT2D eigenvalue weighted by Crippen LogP contribution is 2.17. The lowest BCUT2D eigenvalue weighted by molar-refractivity contribution is 0.566. The largest absolute Gasteiger partial charge is 0.357 e. The smallest absolute Gasteiger partial charge is 0.191 e. The van der Waals surface area contributed by atoms with E-state index in [1.54, 1.807) is 18.2 Å². The van der Waals surface area contributed by atoms with Crippen LogP contribution in [0, 0.1) is 11.7 Å². The van der Waals surface area contributed by atoms with E-state index in [4.69, 9.17) is 0 Å². The van der Waals surface area contributed by atoms with Gasteiger partial charge in [-0.2, -0.15) is 0 Å². The van der Waals surface area contributed by atoms with Crippen LogP contribution >= 0.6 is 0 Å². The van der Waals surface area contributed by atoms with Gasteiger partial charge in [0.2, 0.25) is 0 Å². The molecule has 0 spiro atoms. The lowest BCUT2D eigenvalue weighted by Crippen LogP contribution is -2.40. The fraction of sp³-hybridized carbons (Fsp3) is 0.533. The van der Waals surface area contributed by atoms with Gasteiger partial charge in [0.25, 0.3) is 0 Å². The van der Waals surface area contributed by atoms with Crippen LogP contribution in [0.2, 0.25) is 0 Å². The molecule has 1 unspecified atom stereocenters. The number of hydrogen-bond acceptors (Lipinski definition) is 3. The number of guanidine groups is 1. The van der Waals surface area contributed by atoms with Gasteiger partial charge in [-0.25, -0.2) is 17.8 Å². The van der Waals surface area contributed by atoms with Gasteiger partial charge in [-0.3, -0.25) is 0 Å². The maximum Gasteiger partial charge on any atom is 0.191 e. The molecule has 2 N–H and O–H groups in total. The molecular weight excluding hydrogens is 305 g/mol. The molecule has 1 aliphatic rings. The molecule has 7 heteroatoms. The SMILES string of the molecule is CCNC(=NCc1ccccc1F)NCC1CCS(=O)(=O)C1. The summed E-state index contributed by atoms with van der Waals surface area (Å²) in [5, 5.41) is 6.23. The van der Waals surface area contributed by atoms with E-state index in [0.717, 1.165) is 0 Å². The summed E-state index contributed by atoms with van der Waals surface area (Å²) in [6.45, 7) is 3.43. The third-order valence-electron chi connectivity index (χ3n) is 3.59. The molecule has 1 aromatic rings. The summed E-state index contributed by atoms with van der Waals surface area (Å²) in [5.41, 5.74) is 0.531. The molecule has 1 aliphatic heterocycles. The summed E-state index contributed by atoms with van der Waals surface area (Å²) in [6, 6.07) is 6.53. The van der Waals surface area contributed by atoms with E-state index in [0.29, 0.717) is 31.0 Å². The Labute approximate surface area is 130 Å². The van der Waals surface area contributed by atoms with Gasteiger partial charge in [-0.1, -0.05) is 18.2 Å². The van der Waals surface area contributed by atoms with Crippen LogP contribution in [0.1, 0.15) is 18.9 Å². The van der Waals surface area contributed by atoms with Crippen molar-refractivity contribution in [3.05, 3.63) is 35.6 Å². The average molecular weight is 327 g/mol. The minimum Gasteiger partial charge on any atom is -0.357 e. The Bertz CT molecular complexity index is 631. The van der Waals surface area contributed by atoms with Crippen LogP contribution in [-0.4, -0.2) is 39.0 Å². The first-order valence-corrected chi connectivity index (χ1v) is 9.28. The molecule has 0 bridgehead atoms. The monoisotopic (exact) mass is 327 g/mol. The number of nitrogens with zero attached hydrogens (tertiary/aromatic N) is 1. The minimum absolute atomic E-state index is 0.113. The highest BCUT2D eigenvalue weighted by atomic mass is 32.2. The molecule has 0 amide bonds. The van der Waals surface area contributed by atoms with Crippen molar-refractivity contribution in [2.24, 2.45) is 10.9 Å². The molecule has 1 saturated heterocycles. The molecule has 5 nitrogen and oxygen atoms in total. The molecule has 122 valence electrons. The van der Waals surface area contributed by atoms with Gasteiger partial charge in [0.05, 0.1) is 18.1 Å². The molecule has 2 rings (SSSR count). The Balaban J connectivity index is 1.92. The first kappa shape index (κ1) is 16.7. The standard InChI is InChI=1S/C15H22FN3O2S/c1-2-17-15(18-9-12-7-8-22(20,21)11-12)19-10-13-5-3-4-6-14(13)16/h3-6,12H,2,7-11H2,1H3,(H2,17,18,19). The van der Waals surface area contributed by atoms with Gasteiger partial charge >= 0.3 is 0 Å². The first-order valence-electron chi connectivity index (χ1n) is 7.46. The van der Waals surface area contributed by atoms with Crippen molar-refractivity contribution < 1.29 is 12.8 Å². The predicted molar refractivity (Wildman–Crippen MR) is 86.0 cm³/mol. The summed E-state index contributed by atoms with van der Waals surface area (Å²) in [4.78, 5) is 4.35. The van der Waals surface area contributed by atoms with Gasteiger partial charge in [0.1, 0.15) is 5.82 Å². The van der Waals surface area contributed by atoms with Gasteiger partial charge in [0, 0.05) is 18.7 Å². The van der Waals surface area contributed by atoms with Crippen LogP contribution in [0.15, 0.2) is 29.3 Å². The Morgan fingerprint density at radius 2 is 2.14 bits per heavy atom. The average Bonchev–Trinajstić information content (AvgIpc) is 2.83. The van der Waals surface area contributed by atoms with E-state index in [-0.39, 0.29) is 29.8 Å². The Kier molecular flexibility index (Phi) is 5.76. The van der Waals surface area contributed by atoms with Gasteiger partial charge < -0.3 is 10.6 Å². The molecule has 0 saturated carbocycles. The predicted octanol–water partition coefficient (Wildman–Crippen LogP) is 1.32. The molecule has 22 heavy (non-hydrogen) atoms. The second-order valence-electron chi connectivity index (χ2n) is 5.44. The number of halogens is 1. The fourth-order valence-corrected chi connectivity index (χ4v) is 4.27. The summed E-state index contributed by atoms with van der Waals surface area (Å²) < 4.78 is 36.5. The molecule has 0 aliphatic carbocycles. The van der Waals surface area contributed by atoms with Crippen molar-refractivity contribution >= 4 is 15.8 Å². The van der Waals surface area contributed by atoms with E-state index < -0.39 is 9.84 Å². The zero-order valence-corrected chi connectivity index (χ0v) is 13.5. The lowest BCUT2D eigenvalue weighted by Gasteiger charge is -2.14. The quantitative estimate of drug-likeness (QED) is 0.632. The van der Waals surface area contributed by atoms with Crippen LogP contribution in [-0.2, 0) is 16.4 Å². The summed E-state index contributed by atoms with van der Waals surface area (Å²) >= 11 is 0.